The van der Waals surface area contributed by atoms with Gasteiger partial charge in [-0.25, -0.2) is 0 Å². The third kappa shape index (κ3) is 3.91. The quantitative estimate of drug-likeness (QED) is 0.347. The summed E-state index contributed by atoms with van der Waals surface area (Å²) in [6.07, 6.45) is 0.602. The second-order valence-electron chi connectivity index (χ2n) is 8.12. The Hall–Kier alpha value is -3.25. The van der Waals surface area contributed by atoms with Crippen LogP contribution in [-0.2, 0) is 4.79 Å². The van der Waals surface area contributed by atoms with Gasteiger partial charge in [0, 0.05) is 12.1 Å². The summed E-state index contributed by atoms with van der Waals surface area (Å²) in [6.45, 7) is 6.61. The molecular formula is C24H28N2O3Si. The predicted molar refractivity (Wildman–Crippen MR) is 125 cm³/mol. The number of nitrogens with one attached hydrogen (secondary N) is 1. The standard InChI is InChI=1S/C24H28N2O3Si/c1-24(2,3)30(18-11-7-5-8-12-18,19-13-9-6-10-14-19)29-23-16-21(26-17-27)20(25)15-22(23)28-4/h5-17H,25H2,1-4H3,(H,26,27). The zero-order valence-electron chi connectivity index (χ0n) is 17.8. The Labute approximate surface area is 179 Å². The summed E-state index contributed by atoms with van der Waals surface area (Å²) in [4.78, 5) is 11.0. The number of ether oxygens (including phenoxy) is 1. The zero-order chi connectivity index (χ0) is 21.8. The van der Waals surface area contributed by atoms with E-state index in [1.165, 1.54) is 0 Å². The number of carbonyl (C=O) groups is 1. The van der Waals surface area contributed by atoms with E-state index in [0.717, 1.165) is 10.4 Å². The lowest BCUT2D eigenvalue weighted by Gasteiger charge is -2.43. The molecule has 0 unspecified atom stereocenters. The Bertz CT molecular complexity index is 963. The average Bonchev–Trinajstić information content (AvgIpc) is 2.74. The Morgan fingerprint density at radius 3 is 1.87 bits per heavy atom. The monoisotopic (exact) mass is 420 g/mol. The zero-order valence-corrected chi connectivity index (χ0v) is 18.8. The highest BCUT2D eigenvalue weighted by atomic mass is 28.4. The van der Waals surface area contributed by atoms with Crippen molar-refractivity contribution in [3.05, 3.63) is 72.8 Å². The molecule has 5 nitrogen and oxygen atoms in total. The maximum Gasteiger partial charge on any atom is 0.320 e. The van der Waals surface area contributed by atoms with Gasteiger partial charge < -0.3 is 20.2 Å². The van der Waals surface area contributed by atoms with E-state index in [0.29, 0.717) is 29.3 Å². The molecule has 3 N–H and O–H groups in total. The van der Waals surface area contributed by atoms with E-state index in [1.54, 1.807) is 19.2 Å². The molecule has 0 atom stereocenters. The van der Waals surface area contributed by atoms with Gasteiger partial charge in [0.25, 0.3) is 0 Å². The molecule has 0 aliphatic rings. The smallest absolute Gasteiger partial charge is 0.320 e. The summed E-state index contributed by atoms with van der Waals surface area (Å²) in [5.74, 6) is 1.07. The minimum absolute atomic E-state index is 0.208. The van der Waals surface area contributed by atoms with Crippen molar-refractivity contribution in [3.8, 4) is 11.5 Å². The molecule has 1 amide bonds. The summed E-state index contributed by atoms with van der Waals surface area (Å²) < 4.78 is 12.6. The molecule has 0 heterocycles. The molecule has 3 aromatic rings. The Kier molecular flexibility index (Phi) is 6.17. The van der Waals surface area contributed by atoms with Gasteiger partial charge >= 0.3 is 8.32 Å². The number of nitrogens with two attached hydrogens (primary N) is 1. The second-order valence-corrected chi connectivity index (χ2v) is 12.3. The molecule has 0 aliphatic carbocycles. The van der Waals surface area contributed by atoms with Crippen molar-refractivity contribution in [3.63, 3.8) is 0 Å². The lowest BCUT2D eigenvalue weighted by Crippen LogP contribution is -2.68. The van der Waals surface area contributed by atoms with Gasteiger partial charge in [-0.1, -0.05) is 81.4 Å². The molecule has 156 valence electrons. The van der Waals surface area contributed by atoms with Gasteiger partial charge in [0.2, 0.25) is 6.41 Å². The molecule has 30 heavy (non-hydrogen) atoms. The average molecular weight is 421 g/mol. The van der Waals surface area contributed by atoms with Gasteiger partial charge in [0.05, 0.1) is 18.5 Å². The third-order valence-electron chi connectivity index (χ3n) is 5.23. The van der Waals surface area contributed by atoms with Crippen molar-refractivity contribution in [1.29, 1.82) is 0 Å². The van der Waals surface area contributed by atoms with Crippen LogP contribution in [0.4, 0.5) is 11.4 Å². The largest absolute Gasteiger partial charge is 0.531 e. The van der Waals surface area contributed by atoms with Gasteiger partial charge in [-0.05, 0) is 15.4 Å². The van der Waals surface area contributed by atoms with Gasteiger partial charge in [0.15, 0.2) is 5.75 Å². The Morgan fingerprint density at radius 2 is 1.43 bits per heavy atom. The van der Waals surface area contributed by atoms with Crippen LogP contribution >= 0.6 is 0 Å². The SMILES string of the molecule is COc1cc(N)c(NC=O)cc1O[Si](c1ccccc1)(c1ccccc1)C(C)(C)C. The first kappa shape index (κ1) is 21.5. The second kappa shape index (κ2) is 8.63. The number of nitrogen functional groups attached to an aromatic ring is 1. The fourth-order valence-corrected chi connectivity index (χ4v) is 8.24. The molecule has 0 saturated carbocycles. The van der Waals surface area contributed by atoms with Crippen molar-refractivity contribution in [2.75, 3.05) is 18.2 Å². The van der Waals surface area contributed by atoms with Gasteiger partial charge in [-0.15, -0.1) is 0 Å². The normalized spacial score (nSPS) is 11.6. The summed E-state index contributed by atoms with van der Waals surface area (Å²) in [5.41, 5.74) is 6.97. The van der Waals surface area contributed by atoms with Gasteiger partial charge in [-0.3, -0.25) is 4.79 Å². The molecule has 3 aromatic carbocycles. The minimum atomic E-state index is -2.84. The van der Waals surface area contributed by atoms with E-state index >= 15 is 0 Å². The number of carbonyl (C=O) groups excluding carboxylic acids is 1. The fraction of sp³-hybridized carbons (Fsp3) is 0.208. The summed E-state index contributed by atoms with van der Waals surface area (Å²) in [7, 11) is -1.25. The van der Waals surface area contributed by atoms with Gasteiger partial charge in [0.1, 0.15) is 5.75 Å². The maximum absolute atomic E-state index is 11.0. The molecule has 0 saturated heterocycles. The van der Waals surface area contributed by atoms with E-state index in [2.05, 4.69) is 50.4 Å². The number of hydrogen-bond donors (Lipinski definition) is 2. The number of hydrogen-bond acceptors (Lipinski definition) is 4. The van der Waals surface area contributed by atoms with Crippen LogP contribution < -0.4 is 30.6 Å². The molecule has 0 radical (unpaired) electrons. The van der Waals surface area contributed by atoms with Crippen molar-refractivity contribution < 1.29 is 14.0 Å². The first-order valence-electron chi connectivity index (χ1n) is 9.81. The van der Waals surface area contributed by atoms with E-state index in [1.807, 2.05) is 36.4 Å². The number of benzene rings is 3. The summed E-state index contributed by atoms with van der Waals surface area (Å²) in [5, 5.41) is 4.73. The molecule has 0 spiro atoms. The van der Waals surface area contributed by atoms with Crippen LogP contribution in [-0.4, -0.2) is 21.8 Å². The molecule has 0 aliphatic heterocycles. The van der Waals surface area contributed by atoms with Crippen molar-refractivity contribution >= 4 is 36.5 Å². The van der Waals surface area contributed by atoms with Crippen molar-refractivity contribution in [2.45, 2.75) is 25.8 Å². The van der Waals surface area contributed by atoms with Crippen LogP contribution in [0.1, 0.15) is 20.8 Å². The predicted octanol–water partition coefficient (Wildman–Crippen LogP) is 3.78. The number of methoxy groups -OCH3 is 1. The van der Waals surface area contributed by atoms with Crippen molar-refractivity contribution in [1.82, 2.24) is 0 Å². The lowest BCUT2D eigenvalue weighted by molar-refractivity contribution is -0.105. The first-order valence-corrected chi connectivity index (χ1v) is 11.7. The van der Waals surface area contributed by atoms with Crippen molar-refractivity contribution in [2.24, 2.45) is 0 Å². The Morgan fingerprint density at radius 1 is 0.900 bits per heavy atom. The van der Waals surface area contributed by atoms with E-state index in [9.17, 15) is 4.79 Å². The number of anilines is 2. The van der Waals surface area contributed by atoms with Gasteiger partial charge in [-0.2, -0.15) is 0 Å². The number of rotatable bonds is 7. The third-order valence-corrected chi connectivity index (χ3v) is 10.2. The fourth-order valence-electron chi connectivity index (χ4n) is 3.82. The van der Waals surface area contributed by atoms with Crippen LogP contribution in [0.2, 0.25) is 5.04 Å². The molecule has 0 bridgehead atoms. The van der Waals surface area contributed by atoms with E-state index < -0.39 is 8.32 Å². The highest BCUT2D eigenvalue weighted by Gasteiger charge is 2.52. The highest BCUT2D eigenvalue weighted by molar-refractivity contribution is 7.00. The molecule has 0 fully saturated rings. The lowest BCUT2D eigenvalue weighted by atomic mass is 10.2. The summed E-state index contributed by atoms with van der Waals surface area (Å²) >= 11 is 0. The van der Waals surface area contributed by atoms with Crippen LogP contribution in [0.15, 0.2) is 72.8 Å². The van der Waals surface area contributed by atoms with Crippen LogP contribution in [0.25, 0.3) is 0 Å². The van der Waals surface area contributed by atoms with Crippen LogP contribution in [0.5, 0.6) is 11.5 Å². The topological polar surface area (TPSA) is 73.6 Å². The number of amides is 1. The van der Waals surface area contributed by atoms with Crippen LogP contribution in [0.3, 0.4) is 0 Å². The van der Waals surface area contributed by atoms with E-state index in [4.69, 9.17) is 14.9 Å². The minimum Gasteiger partial charge on any atom is -0.531 e. The molecule has 0 aromatic heterocycles. The van der Waals surface area contributed by atoms with Crippen LogP contribution in [0, 0.1) is 0 Å². The first-order chi connectivity index (χ1) is 14.3. The van der Waals surface area contributed by atoms with E-state index in [-0.39, 0.29) is 5.04 Å². The Balaban J connectivity index is 2.30. The molecular weight excluding hydrogens is 392 g/mol. The molecule has 6 heteroatoms. The maximum atomic E-state index is 11.0. The summed E-state index contributed by atoms with van der Waals surface area (Å²) in [6, 6.07) is 24.1. The molecule has 3 rings (SSSR count). The highest BCUT2D eigenvalue weighted by Crippen LogP contribution is 2.42.